The lowest BCUT2D eigenvalue weighted by Gasteiger charge is -2.26. The van der Waals surface area contributed by atoms with Crippen molar-refractivity contribution in [3.05, 3.63) is 126 Å². The Morgan fingerprint density at radius 3 is 2.46 bits per heavy atom. The minimum atomic E-state index is -0.813. The zero-order valence-electron chi connectivity index (χ0n) is 22.6. The minimum Gasteiger partial charge on any atom is -0.508 e. The molecule has 1 aliphatic rings. The number of phenolic OH excluding ortho intramolecular Hbond substituents is 1. The summed E-state index contributed by atoms with van der Waals surface area (Å²) in [6.45, 7) is 2.55. The Morgan fingerprint density at radius 1 is 0.976 bits per heavy atom. The molecule has 0 unspecified atom stereocenters. The van der Waals surface area contributed by atoms with Crippen LogP contribution >= 0.6 is 0 Å². The number of allylic oxidation sites excluding steroid dienone is 1. The van der Waals surface area contributed by atoms with Gasteiger partial charge in [-0.25, -0.2) is 9.18 Å². The third kappa shape index (κ3) is 6.30. The number of benzene rings is 4. The highest BCUT2D eigenvalue weighted by Crippen LogP contribution is 2.43. The number of aromatic hydroxyl groups is 1. The van der Waals surface area contributed by atoms with Crippen LogP contribution in [-0.4, -0.2) is 29.7 Å². The van der Waals surface area contributed by atoms with Crippen LogP contribution in [0.15, 0.2) is 109 Å². The lowest BCUT2D eigenvalue weighted by Crippen LogP contribution is -2.29. The smallest absolute Gasteiger partial charge is 0.415 e. The van der Waals surface area contributed by atoms with Crippen molar-refractivity contribution in [3.63, 3.8) is 0 Å². The number of hydrogen-bond donors (Lipinski definition) is 1. The molecular formula is C34H30FNO5. The quantitative estimate of drug-likeness (QED) is 0.123. The first kappa shape index (κ1) is 27.6. The van der Waals surface area contributed by atoms with E-state index >= 15 is 0 Å². The molecule has 1 fully saturated rings. The summed E-state index contributed by atoms with van der Waals surface area (Å²) in [5, 5.41) is 10.0. The number of hydrogen-bond acceptors (Lipinski definition) is 5. The van der Waals surface area contributed by atoms with Gasteiger partial charge in [-0.3, -0.25) is 9.69 Å². The first-order chi connectivity index (χ1) is 19.9. The van der Waals surface area contributed by atoms with E-state index in [1.807, 2.05) is 54.6 Å². The average molecular weight is 552 g/mol. The molecule has 1 saturated heterocycles. The topological polar surface area (TPSA) is 76.1 Å². The van der Waals surface area contributed by atoms with E-state index in [0.717, 1.165) is 24.0 Å². The Kier molecular flexibility index (Phi) is 8.44. The van der Waals surface area contributed by atoms with Gasteiger partial charge in [0.2, 0.25) is 0 Å². The summed E-state index contributed by atoms with van der Waals surface area (Å²) in [5.74, 6) is -0.0388. The molecule has 1 heterocycles. The molecule has 0 bridgehead atoms. The van der Waals surface area contributed by atoms with Crippen molar-refractivity contribution >= 4 is 17.6 Å². The highest BCUT2D eigenvalue weighted by molar-refractivity contribution is 6.04. The number of cyclic esters (lactones) is 1. The highest BCUT2D eigenvalue weighted by atomic mass is 19.1. The molecule has 6 nitrogen and oxygen atoms in total. The van der Waals surface area contributed by atoms with Gasteiger partial charge in [0.15, 0.2) is 5.78 Å². The number of halogens is 1. The third-order valence-corrected chi connectivity index (χ3v) is 6.89. The number of unbranched alkanes of at least 4 members (excludes halogenated alkanes) is 1. The molecule has 0 aliphatic carbocycles. The summed E-state index contributed by atoms with van der Waals surface area (Å²) >= 11 is 0. The first-order valence-corrected chi connectivity index (χ1v) is 13.5. The maximum absolute atomic E-state index is 13.4. The van der Waals surface area contributed by atoms with E-state index in [9.17, 15) is 19.1 Å². The fourth-order valence-electron chi connectivity index (χ4n) is 4.80. The van der Waals surface area contributed by atoms with Gasteiger partial charge in [0.1, 0.15) is 29.5 Å². The van der Waals surface area contributed by atoms with Crippen LogP contribution in [0, 0.1) is 5.82 Å². The summed E-state index contributed by atoms with van der Waals surface area (Å²) in [4.78, 5) is 27.7. The fraction of sp³-hybridized carbons (Fsp3) is 0.176. The largest absolute Gasteiger partial charge is 0.508 e. The van der Waals surface area contributed by atoms with Crippen LogP contribution in [0.4, 0.5) is 14.9 Å². The van der Waals surface area contributed by atoms with E-state index in [1.54, 1.807) is 29.2 Å². The molecule has 1 N–H and O–H groups in total. The monoisotopic (exact) mass is 551 g/mol. The van der Waals surface area contributed by atoms with Crippen molar-refractivity contribution in [3.8, 4) is 22.6 Å². The van der Waals surface area contributed by atoms with Crippen LogP contribution in [-0.2, 0) is 4.74 Å². The van der Waals surface area contributed by atoms with E-state index in [0.29, 0.717) is 29.2 Å². The Morgan fingerprint density at radius 2 is 1.73 bits per heavy atom. The normalized spacial score (nSPS) is 16.6. The standard InChI is InChI=1S/C34H30FNO5/c1-2-3-20-40-32-22-25(24-8-7-11-28(37)21-24)14-17-29(32)33-31(19-18-30(38)23-12-15-26(35)16-13-23)41-34(39)36(33)27-9-5-4-6-10-27/h4-19,21-22,31,33,37H,2-3,20H2,1H3/b19-18+/t31-,33-/m1/s1. The number of ether oxygens (including phenoxy) is 2. The van der Waals surface area contributed by atoms with Crippen LogP contribution < -0.4 is 9.64 Å². The van der Waals surface area contributed by atoms with Gasteiger partial charge in [-0.05, 0) is 84.3 Å². The number of nitrogens with zero attached hydrogens (tertiary/aromatic N) is 1. The van der Waals surface area contributed by atoms with Gasteiger partial charge < -0.3 is 14.6 Å². The van der Waals surface area contributed by atoms with E-state index in [-0.39, 0.29) is 11.5 Å². The van der Waals surface area contributed by atoms with E-state index in [4.69, 9.17) is 9.47 Å². The molecule has 208 valence electrons. The predicted octanol–water partition coefficient (Wildman–Crippen LogP) is 7.88. The van der Waals surface area contributed by atoms with Crippen molar-refractivity contribution in [2.75, 3.05) is 11.5 Å². The lowest BCUT2D eigenvalue weighted by atomic mass is 9.95. The Labute approximate surface area is 238 Å². The summed E-state index contributed by atoms with van der Waals surface area (Å²) in [5.41, 5.74) is 3.33. The SMILES string of the molecule is CCCCOc1cc(-c2cccc(O)c2)ccc1[C@@H]1[C@@H](/C=C/C(=O)c2ccc(F)cc2)OC(=O)N1c1ccccc1. The molecule has 0 radical (unpaired) electrons. The van der Waals surface area contributed by atoms with Crippen LogP contribution in [0.2, 0.25) is 0 Å². The average Bonchev–Trinajstić information content (AvgIpc) is 3.32. The van der Waals surface area contributed by atoms with Crippen molar-refractivity contribution in [1.82, 2.24) is 0 Å². The number of amides is 1. The molecule has 0 spiro atoms. The maximum atomic E-state index is 13.4. The van der Waals surface area contributed by atoms with Crippen molar-refractivity contribution in [2.24, 2.45) is 0 Å². The second-order valence-electron chi connectivity index (χ2n) is 9.73. The molecule has 7 heteroatoms. The second kappa shape index (κ2) is 12.5. The zero-order valence-corrected chi connectivity index (χ0v) is 22.6. The van der Waals surface area contributed by atoms with Crippen LogP contribution in [0.1, 0.15) is 41.7 Å². The van der Waals surface area contributed by atoms with Crippen molar-refractivity contribution in [1.29, 1.82) is 0 Å². The van der Waals surface area contributed by atoms with Crippen molar-refractivity contribution in [2.45, 2.75) is 31.9 Å². The molecule has 0 aromatic heterocycles. The van der Waals surface area contributed by atoms with Crippen LogP contribution in [0.25, 0.3) is 11.1 Å². The Balaban J connectivity index is 1.57. The molecule has 4 aromatic rings. The summed E-state index contributed by atoms with van der Waals surface area (Å²) in [6.07, 6.45) is 3.34. The van der Waals surface area contributed by atoms with Gasteiger partial charge in [-0.1, -0.05) is 55.8 Å². The number of carbonyl (C=O) groups excluding carboxylic acids is 2. The lowest BCUT2D eigenvalue weighted by molar-refractivity contribution is 0.104. The molecule has 1 amide bonds. The fourth-order valence-corrected chi connectivity index (χ4v) is 4.80. The summed E-state index contributed by atoms with van der Waals surface area (Å²) in [6, 6.07) is 26.5. The third-order valence-electron chi connectivity index (χ3n) is 6.89. The molecular weight excluding hydrogens is 521 g/mol. The Bertz CT molecular complexity index is 1550. The molecule has 0 saturated carbocycles. The van der Waals surface area contributed by atoms with Crippen molar-refractivity contribution < 1.29 is 28.6 Å². The first-order valence-electron chi connectivity index (χ1n) is 13.5. The Hall–Kier alpha value is -4.91. The molecule has 5 rings (SSSR count). The molecule has 2 atom stereocenters. The summed E-state index contributed by atoms with van der Waals surface area (Å²) < 4.78 is 25.4. The predicted molar refractivity (Wildman–Crippen MR) is 156 cm³/mol. The number of phenols is 1. The van der Waals surface area contributed by atoms with Gasteiger partial charge in [0, 0.05) is 16.8 Å². The van der Waals surface area contributed by atoms with Gasteiger partial charge in [0.25, 0.3) is 0 Å². The molecule has 4 aromatic carbocycles. The van der Waals surface area contributed by atoms with Gasteiger partial charge in [-0.15, -0.1) is 0 Å². The van der Waals surface area contributed by atoms with Crippen LogP contribution in [0.5, 0.6) is 11.5 Å². The summed E-state index contributed by atoms with van der Waals surface area (Å²) in [7, 11) is 0. The zero-order chi connectivity index (χ0) is 28.8. The van der Waals surface area contributed by atoms with Gasteiger partial charge in [-0.2, -0.15) is 0 Å². The van der Waals surface area contributed by atoms with Crippen LogP contribution in [0.3, 0.4) is 0 Å². The minimum absolute atomic E-state index is 0.154. The molecule has 41 heavy (non-hydrogen) atoms. The van der Waals surface area contributed by atoms with Gasteiger partial charge in [0.05, 0.1) is 6.61 Å². The van der Waals surface area contributed by atoms with E-state index in [2.05, 4.69) is 6.92 Å². The second-order valence-corrected chi connectivity index (χ2v) is 9.73. The van der Waals surface area contributed by atoms with E-state index in [1.165, 1.54) is 30.3 Å². The number of rotatable bonds is 10. The number of carbonyl (C=O) groups is 2. The number of ketones is 1. The highest BCUT2D eigenvalue weighted by Gasteiger charge is 2.44. The number of para-hydroxylation sites is 1. The number of anilines is 1. The molecule has 1 aliphatic heterocycles. The van der Waals surface area contributed by atoms with E-state index < -0.39 is 24.1 Å². The maximum Gasteiger partial charge on any atom is 0.415 e. The van der Waals surface area contributed by atoms with Gasteiger partial charge >= 0.3 is 6.09 Å².